The molecule has 1 aromatic carbocycles. The van der Waals surface area contributed by atoms with Gasteiger partial charge in [-0.25, -0.2) is 14.6 Å². The summed E-state index contributed by atoms with van der Waals surface area (Å²) in [5.74, 6) is -2.27. The fraction of sp³-hybridized carbons (Fsp3) is 0.348. The summed E-state index contributed by atoms with van der Waals surface area (Å²) in [4.78, 5) is 40.7. The Labute approximate surface area is 208 Å². The number of dihydropyridines is 1. The second-order valence-electron chi connectivity index (χ2n) is 7.41. The van der Waals surface area contributed by atoms with Gasteiger partial charge in [0.2, 0.25) is 0 Å². The molecule has 3 rings (SSSR count). The number of methoxy groups -OCH3 is 1. The minimum absolute atomic E-state index is 0. The molecule has 0 radical (unpaired) electrons. The number of halogens is 1. The van der Waals surface area contributed by atoms with E-state index in [1.165, 1.54) is 25.3 Å². The number of nitro groups is 1. The number of aromatic nitrogens is 2. The summed E-state index contributed by atoms with van der Waals surface area (Å²) in [6, 6.07) is 5.80. The molecule has 0 spiro atoms. The van der Waals surface area contributed by atoms with E-state index in [9.17, 15) is 19.7 Å². The molecule has 12 heteroatoms. The Balaban J connectivity index is 0.00000432. The third-order valence-corrected chi connectivity index (χ3v) is 5.26. The molecule has 188 valence electrons. The number of hydrogen-bond acceptors (Lipinski definition) is 9. The van der Waals surface area contributed by atoms with Crippen LogP contribution in [0.2, 0.25) is 0 Å². The summed E-state index contributed by atoms with van der Waals surface area (Å²) in [6.45, 7) is 4.37. The Bertz CT molecular complexity index is 1130. The van der Waals surface area contributed by atoms with Crippen molar-refractivity contribution in [1.82, 2.24) is 14.9 Å². The van der Waals surface area contributed by atoms with E-state index >= 15 is 0 Å². The number of non-ortho nitro benzene ring substituents is 1. The van der Waals surface area contributed by atoms with Crippen LogP contribution in [0.4, 0.5) is 5.69 Å². The Morgan fingerprint density at radius 3 is 2.66 bits per heavy atom. The monoisotopic (exact) mass is 506 g/mol. The summed E-state index contributed by atoms with van der Waals surface area (Å²) in [5, 5.41) is 14.5. The Hall–Kier alpha value is -3.70. The number of carbonyl (C=O) groups is 2. The lowest BCUT2D eigenvalue weighted by molar-refractivity contribution is -0.384. The van der Waals surface area contributed by atoms with E-state index in [2.05, 4.69) is 10.3 Å². The van der Waals surface area contributed by atoms with Gasteiger partial charge in [0.05, 0.1) is 60.9 Å². The molecular formula is C23H27ClN4O7. The highest BCUT2D eigenvalue weighted by molar-refractivity contribution is 6.00. The van der Waals surface area contributed by atoms with E-state index in [4.69, 9.17) is 14.2 Å². The molecular weight excluding hydrogens is 480 g/mol. The van der Waals surface area contributed by atoms with Gasteiger partial charge in [-0.2, -0.15) is 0 Å². The molecule has 11 nitrogen and oxygen atoms in total. The summed E-state index contributed by atoms with van der Waals surface area (Å²) < 4.78 is 17.9. The van der Waals surface area contributed by atoms with Crippen LogP contribution in [0, 0.1) is 10.1 Å². The lowest BCUT2D eigenvalue weighted by Gasteiger charge is -2.31. The second kappa shape index (κ2) is 12.7. The minimum atomic E-state index is -0.945. The van der Waals surface area contributed by atoms with E-state index < -0.39 is 22.8 Å². The summed E-state index contributed by atoms with van der Waals surface area (Å²) >= 11 is 0. The average molecular weight is 507 g/mol. The fourth-order valence-electron chi connectivity index (χ4n) is 3.76. The van der Waals surface area contributed by atoms with Crippen molar-refractivity contribution < 1.29 is 28.7 Å². The number of nitrogens with zero attached hydrogens (tertiary/aromatic N) is 3. The van der Waals surface area contributed by atoms with Gasteiger partial charge in [-0.3, -0.25) is 10.1 Å². The number of allylic oxidation sites excluding steroid dienone is 1. The van der Waals surface area contributed by atoms with Gasteiger partial charge in [0.1, 0.15) is 0 Å². The fourth-order valence-corrected chi connectivity index (χ4v) is 3.76. The molecule has 1 N–H and O–H groups in total. The predicted octanol–water partition coefficient (Wildman–Crippen LogP) is 2.88. The first-order valence-corrected chi connectivity index (χ1v) is 10.6. The van der Waals surface area contributed by atoms with Gasteiger partial charge in [-0.15, -0.1) is 12.4 Å². The van der Waals surface area contributed by atoms with Crippen LogP contribution < -0.4 is 5.32 Å². The summed E-state index contributed by atoms with van der Waals surface area (Å²) in [5.41, 5.74) is 1.37. The van der Waals surface area contributed by atoms with Crippen molar-refractivity contribution in [3.8, 4) is 0 Å². The number of nitro benzene ring substituents is 1. The molecule has 0 saturated carbocycles. The van der Waals surface area contributed by atoms with Gasteiger partial charge in [-0.1, -0.05) is 12.1 Å². The lowest BCUT2D eigenvalue weighted by atomic mass is 9.80. The van der Waals surface area contributed by atoms with E-state index in [0.717, 1.165) is 0 Å². The molecule has 1 atom stereocenters. The number of rotatable bonds is 10. The number of esters is 2. The summed E-state index contributed by atoms with van der Waals surface area (Å²) in [7, 11) is 1.23. The molecule has 0 fully saturated rings. The Morgan fingerprint density at radius 1 is 1.26 bits per heavy atom. The van der Waals surface area contributed by atoms with Gasteiger partial charge in [0, 0.05) is 36.8 Å². The minimum Gasteiger partial charge on any atom is -0.466 e. The number of ether oxygens (including phenoxy) is 3. The van der Waals surface area contributed by atoms with E-state index in [1.807, 2.05) is 4.57 Å². The molecule has 1 aliphatic heterocycles. The Kier molecular flexibility index (Phi) is 9.98. The number of imidazole rings is 1. The molecule has 35 heavy (non-hydrogen) atoms. The SMILES string of the molecule is CCOC(=O)C1=C(COCCn2ccnc2)NC(C)=C(C(=O)OC)C1c1cccc([N+](=O)[O-])c1.Cl. The zero-order valence-electron chi connectivity index (χ0n) is 19.6. The van der Waals surface area contributed by atoms with Crippen molar-refractivity contribution in [2.24, 2.45) is 0 Å². The van der Waals surface area contributed by atoms with Crippen LogP contribution in [0.1, 0.15) is 25.3 Å². The molecule has 1 unspecified atom stereocenters. The van der Waals surface area contributed by atoms with Gasteiger partial charge < -0.3 is 24.1 Å². The quantitative estimate of drug-likeness (QED) is 0.223. The first-order valence-electron chi connectivity index (χ1n) is 10.6. The van der Waals surface area contributed by atoms with E-state index in [-0.39, 0.29) is 42.5 Å². The smallest absolute Gasteiger partial charge is 0.336 e. The zero-order valence-corrected chi connectivity index (χ0v) is 20.4. The standard InChI is InChI=1S/C23H26N4O7.ClH/c1-4-34-23(29)21-18(13-33-11-10-26-9-8-24-14-26)25-15(2)19(22(28)32-3)20(21)16-6-5-7-17(12-16)27(30)31;/h5-9,12,14,20,25H,4,10-11,13H2,1-3H3;1H. The molecule has 0 bridgehead atoms. The predicted molar refractivity (Wildman–Crippen MR) is 128 cm³/mol. The molecule has 2 aromatic rings. The van der Waals surface area contributed by atoms with Gasteiger partial charge >= 0.3 is 11.9 Å². The third-order valence-electron chi connectivity index (χ3n) is 5.26. The number of nitrogens with one attached hydrogen (secondary N) is 1. The highest BCUT2D eigenvalue weighted by atomic mass is 35.5. The van der Waals surface area contributed by atoms with Crippen molar-refractivity contribution in [1.29, 1.82) is 0 Å². The first kappa shape index (κ1) is 27.5. The number of hydrogen-bond donors (Lipinski definition) is 1. The molecule has 1 aliphatic rings. The zero-order chi connectivity index (χ0) is 24.7. The van der Waals surface area contributed by atoms with Gasteiger partial charge in [0.15, 0.2) is 0 Å². The molecule has 0 amide bonds. The van der Waals surface area contributed by atoms with E-state index in [1.54, 1.807) is 38.6 Å². The van der Waals surface area contributed by atoms with Crippen molar-refractivity contribution in [3.05, 3.63) is 81.2 Å². The highest BCUT2D eigenvalue weighted by Crippen LogP contribution is 2.40. The van der Waals surface area contributed by atoms with Crippen LogP contribution in [0.25, 0.3) is 0 Å². The van der Waals surface area contributed by atoms with Crippen molar-refractivity contribution in [2.75, 3.05) is 26.9 Å². The van der Waals surface area contributed by atoms with Crippen LogP contribution in [-0.4, -0.2) is 53.3 Å². The van der Waals surface area contributed by atoms with Crippen LogP contribution in [0.3, 0.4) is 0 Å². The number of carbonyl (C=O) groups excluding carboxylic acids is 2. The normalized spacial score (nSPS) is 15.2. The van der Waals surface area contributed by atoms with Crippen molar-refractivity contribution >= 4 is 30.0 Å². The van der Waals surface area contributed by atoms with Gasteiger partial charge in [-0.05, 0) is 19.4 Å². The van der Waals surface area contributed by atoms with Gasteiger partial charge in [0.25, 0.3) is 5.69 Å². The number of benzene rings is 1. The molecule has 0 saturated heterocycles. The van der Waals surface area contributed by atoms with Crippen LogP contribution in [0.15, 0.2) is 65.5 Å². The lowest BCUT2D eigenvalue weighted by Crippen LogP contribution is -2.34. The third kappa shape index (κ3) is 6.46. The largest absolute Gasteiger partial charge is 0.466 e. The van der Waals surface area contributed by atoms with Crippen LogP contribution >= 0.6 is 12.4 Å². The maximum absolute atomic E-state index is 13.1. The highest BCUT2D eigenvalue weighted by Gasteiger charge is 2.39. The maximum atomic E-state index is 13.1. The molecule has 1 aromatic heterocycles. The van der Waals surface area contributed by atoms with Crippen LogP contribution in [0.5, 0.6) is 0 Å². The average Bonchev–Trinajstić information content (AvgIpc) is 3.34. The van der Waals surface area contributed by atoms with Crippen molar-refractivity contribution in [2.45, 2.75) is 26.3 Å². The van der Waals surface area contributed by atoms with Crippen molar-refractivity contribution in [3.63, 3.8) is 0 Å². The Morgan fingerprint density at radius 2 is 2.03 bits per heavy atom. The van der Waals surface area contributed by atoms with Crippen LogP contribution in [-0.2, 0) is 30.3 Å². The van der Waals surface area contributed by atoms with E-state index in [0.29, 0.717) is 30.1 Å². The summed E-state index contributed by atoms with van der Waals surface area (Å²) in [6.07, 6.45) is 5.13. The molecule has 2 heterocycles. The maximum Gasteiger partial charge on any atom is 0.336 e. The topological polar surface area (TPSA) is 135 Å². The second-order valence-corrected chi connectivity index (χ2v) is 7.41. The molecule has 0 aliphatic carbocycles. The first-order chi connectivity index (χ1) is 16.4.